The van der Waals surface area contributed by atoms with E-state index in [-0.39, 0.29) is 5.41 Å². The van der Waals surface area contributed by atoms with Gasteiger partial charge in [0.15, 0.2) is 5.76 Å². The molecular formula is C9H14ClNO. The Bertz CT molecular complexity index is 255. The molecule has 0 aliphatic carbocycles. The van der Waals surface area contributed by atoms with Crippen molar-refractivity contribution in [2.75, 3.05) is 0 Å². The monoisotopic (exact) mass is 187 g/mol. The lowest BCUT2D eigenvalue weighted by atomic mass is 9.86. The van der Waals surface area contributed by atoms with Gasteiger partial charge in [0.05, 0.1) is 11.6 Å². The van der Waals surface area contributed by atoms with E-state index in [1.54, 1.807) is 0 Å². The molecule has 0 aliphatic heterocycles. The van der Waals surface area contributed by atoms with Crippen molar-refractivity contribution in [2.24, 2.45) is 0 Å². The first-order chi connectivity index (χ1) is 5.60. The maximum absolute atomic E-state index is 5.60. The van der Waals surface area contributed by atoms with Crippen LogP contribution in [0.4, 0.5) is 0 Å². The van der Waals surface area contributed by atoms with Crippen LogP contribution in [0.2, 0.25) is 0 Å². The highest BCUT2D eigenvalue weighted by molar-refractivity contribution is 6.16. The van der Waals surface area contributed by atoms with Crippen molar-refractivity contribution in [2.45, 2.75) is 38.5 Å². The first-order valence-corrected chi connectivity index (χ1v) is 4.65. The molecular weight excluding hydrogens is 174 g/mol. The van der Waals surface area contributed by atoms with E-state index in [9.17, 15) is 0 Å². The number of rotatable bonds is 3. The van der Waals surface area contributed by atoms with E-state index in [2.05, 4.69) is 25.9 Å². The summed E-state index contributed by atoms with van der Waals surface area (Å²) in [6, 6.07) is 1.93. The number of nitrogens with zero attached hydrogens (tertiary/aromatic N) is 1. The van der Waals surface area contributed by atoms with Crippen molar-refractivity contribution in [3.8, 4) is 0 Å². The summed E-state index contributed by atoms with van der Waals surface area (Å²) in [5, 5.41) is 3.97. The lowest BCUT2D eigenvalue weighted by molar-refractivity contribution is 0.364. The molecule has 0 fully saturated rings. The summed E-state index contributed by atoms with van der Waals surface area (Å²) >= 11 is 5.60. The van der Waals surface area contributed by atoms with Crippen molar-refractivity contribution in [3.05, 3.63) is 17.5 Å². The number of alkyl halides is 1. The van der Waals surface area contributed by atoms with Gasteiger partial charge in [-0.15, -0.1) is 11.6 Å². The first kappa shape index (κ1) is 9.59. The Morgan fingerprint density at radius 2 is 2.25 bits per heavy atom. The Labute approximate surface area is 77.9 Å². The third kappa shape index (κ3) is 1.81. The van der Waals surface area contributed by atoms with Crippen molar-refractivity contribution in [3.63, 3.8) is 0 Å². The number of halogens is 1. The molecule has 1 heterocycles. The fourth-order valence-corrected chi connectivity index (χ4v) is 1.00. The van der Waals surface area contributed by atoms with Gasteiger partial charge in [-0.1, -0.05) is 25.9 Å². The van der Waals surface area contributed by atoms with Gasteiger partial charge in [0, 0.05) is 11.5 Å². The maximum Gasteiger partial charge on any atom is 0.151 e. The SMILES string of the molecule is CCC(C)(C)c1cc(CCl)on1. The fraction of sp³-hybridized carbons (Fsp3) is 0.667. The Kier molecular flexibility index (Phi) is 2.78. The molecule has 0 bridgehead atoms. The van der Waals surface area contributed by atoms with Crippen LogP contribution in [0.5, 0.6) is 0 Å². The third-order valence-corrected chi connectivity index (χ3v) is 2.53. The van der Waals surface area contributed by atoms with Crippen molar-refractivity contribution < 1.29 is 4.52 Å². The highest BCUT2D eigenvalue weighted by atomic mass is 35.5. The molecule has 0 atom stereocenters. The molecule has 2 nitrogen and oxygen atoms in total. The van der Waals surface area contributed by atoms with E-state index in [1.807, 2.05) is 6.07 Å². The van der Waals surface area contributed by atoms with Crippen LogP contribution in [0, 0.1) is 0 Å². The van der Waals surface area contributed by atoms with Crippen LogP contribution in [0.1, 0.15) is 38.6 Å². The van der Waals surface area contributed by atoms with Gasteiger partial charge in [-0.25, -0.2) is 0 Å². The zero-order valence-electron chi connectivity index (χ0n) is 7.72. The zero-order chi connectivity index (χ0) is 9.19. The Balaban J connectivity index is 2.88. The lowest BCUT2D eigenvalue weighted by Gasteiger charge is -2.18. The van der Waals surface area contributed by atoms with Gasteiger partial charge >= 0.3 is 0 Å². The normalized spacial score (nSPS) is 12.0. The van der Waals surface area contributed by atoms with Gasteiger partial charge in [0.1, 0.15) is 0 Å². The summed E-state index contributed by atoms with van der Waals surface area (Å²) in [5.74, 6) is 1.14. The molecule has 0 amide bonds. The average molecular weight is 188 g/mol. The average Bonchev–Trinajstić information content (AvgIpc) is 2.52. The molecule has 0 saturated carbocycles. The smallest absolute Gasteiger partial charge is 0.151 e. The van der Waals surface area contributed by atoms with E-state index < -0.39 is 0 Å². The predicted molar refractivity (Wildman–Crippen MR) is 49.4 cm³/mol. The summed E-state index contributed by atoms with van der Waals surface area (Å²) in [5.41, 5.74) is 1.08. The highest BCUT2D eigenvalue weighted by Crippen LogP contribution is 2.26. The second-order valence-corrected chi connectivity index (χ2v) is 3.82. The summed E-state index contributed by atoms with van der Waals surface area (Å²) in [6.45, 7) is 6.42. The van der Waals surface area contributed by atoms with Gasteiger partial charge in [-0.3, -0.25) is 0 Å². The van der Waals surface area contributed by atoms with Gasteiger partial charge in [-0.05, 0) is 6.42 Å². The molecule has 0 aliphatic rings. The molecule has 1 aromatic rings. The van der Waals surface area contributed by atoms with Crippen molar-refractivity contribution in [1.29, 1.82) is 0 Å². The predicted octanol–water partition coefficient (Wildman–Crippen LogP) is 3.10. The Morgan fingerprint density at radius 3 is 2.67 bits per heavy atom. The second kappa shape index (κ2) is 3.48. The highest BCUT2D eigenvalue weighted by Gasteiger charge is 2.22. The Morgan fingerprint density at radius 1 is 1.58 bits per heavy atom. The summed E-state index contributed by atoms with van der Waals surface area (Å²) in [4.78, 5) is 0. The minimum absolute atomic E-state index is 0.0911. The summed E-state index contributed by atoms with van der Waals surface area (Å²) in [6.07, 6.45) is 1.04. The van der Waals surface area contributed by atoms with E-state index >= 15 is 0 Å². The fourth-order valence-electron chi connectivity index (χ4n) is 0.876. The number of aromatic nitrogens is 1. The third-order valence-electron chi connectivity index (χ3n) is 2.27. The molecule has 1 rings (SSSR count). The second-order valence-electron chi connectivity index (χ2n) is 3.55. The van der Waals surface area contributed by atoms with Crippen LogP contribution >= 0.6 is 11.6 Å². The van der Waals surface area contributed by atoms with Gasteiger partial charge in [-0.2, -0.15) is 0 Å². The minimum Gasteiger partial charge on any atom is -0.360 e. The van der Waals surface area contributed by atoms with Crippen molar-refractivity contribution in [1.82, 2.24) is 5.16 Å². The molecule has 12 heavy (non-hydrogen) atoms. The maximum atomic E-state index is 5.60. The van der Waals surface area contributed by atoms with E-state index in [4.69, 9.17) is 16.1 Å². The number of hydrogen-bond acceptors (Lipinski definition) is 2. The Hall–Kier alpha value is -0.500. The zero-order valence-corrected chi connectivity index (χ0v) is 8.48. The van der Waals surface area contributed by atoms with Crippen LogP contribution in [-0.4, -0.2) is 5.16 Å². The van der Waals surface area contributed by atoms with Gasteiger partial charge in [0.25, 0.3) is 0 Å². The topological polar surface area (TPSA) is 26.0 Å². The molecule has 0 saturated heterocycles. The molecule has 0 spiro atoms. The van der Waals surface area contributed by atoms with Crippen LogP contribution < -0.4 is 0 Å². The summed E-state index contributed by atoms with van der Waals surface area (Å²) in [7, 11) is 0. The lowest BCUT2D eigenvalue weighted by Crippen LogP contribution is -2.15. The molecule has 0 aromatic carbocycles. The van der Waals surface area contributed by atoms with E-state index in [0.717, 1.165) is 17.9 Å². The molecule has 0 N–H and O–H groups in total. The summed E-state index contributed by atoms with van der Waals surface area (Å²) < 4.78 is 5.02. The molecule has 1 aromatic heterocycles. The van der Waals surface area contributed by atoms with Crippen molar-refractivity contribution >= 4 is 11.6 Å². The standard InChI is InChI=1S/C9H14ClNO/c1-4-9(2,3)8-5-7(6-10)12-11-8/h5H,4,6H2,1-3H3. The molecule has 68 valence electrons. The largest absolute Gasteiger partial charge is 0.360 e. The van der Waals surface area contributed by atoms with Crippen LogP contribution in [0.25, 0.3) is 0 Å². The molecule has 0 unspecified atom stereocenters. The van der Waals surface area contributed by atoms with E-state index in [0.29, 0.717) is 5.88 Å². The molecule has 0 radical (unpaired) electrons. The van der Waals surface area contributed by atoms with Crippen LogP contribution in [-0.2, 0) is 11.3 Å². The molecule has 3 heteroatoms. The van der Waals surface area contributed by atoms with Gasteiger partial charge in [0.2, 0.25) is 0 Å². The van der Waals surface area contributed by atoms with Gasteiger partial charge < -0.3 is 4.52 Å². The van der Waals surface area contributed by atoms with E-state index in [1.165, 1.54) is 0 Å². The quantitative estimate of drug-likeness (QED) is 0.680. The van der Waals surface area contributed by atoms with Crippen LogP contribution in [0.15, 0.2) is 10.6 Å². The van der Waals surface area contributed by atoms with Crippen LogP contribution in [0.3, 0.4) is 0 Å². The first-order valence-electron chi connectivity index (χ1n) is 4.12. The number of hydrogen-bond donors (Lipinski definition) is 0. The minimum atomic E-state index is 0.0911.